The highest BCUT2D eigenvalue weighted by molar-refractivity contribution is 7.88. The van der Waals surface area contributed by atoms with E-state index in [4.69, 9.17) is 9.47 Å². The minimum atomic E-state index is -3.72. The van der Waals surface area contributed by atoms with E-state index in [1.54, 1.807) is 27.2 Å². The lowest BCUT2D eigenvalue weighted by Gasteiger charge is -2.39. The first-order valence-electron chi connectivity index (χ1n) is 10.4. The van der Waals surface area contributed by atoms with E-state index in [-0.39, 0.29) is 6.54 Å². The van der Waals surface area contributed by atoms with Gasteiger partial charge in [0.1, 0.15) is 12.1 Å². The maximum Gasteiger partial charge on any atom is 0.344 e. The van der Waals surface area contributed by atoms with Crippen molar-refractivity contribution in [3.05, 3.63) is 30.7 Å². The molecule has 1 fully saturated rings. The number of benzene rings is 1. The summed E-state index contributed by atoms with van der Waals surface area (Å²) in [6.45, 7) is 2.98. The molecule has 4 rings (SSSR count). The first kappa shape index (κ1) is 22.3. The van der Waals surface area contributed by atoms with Gasteiger partial charge in [0, 0.05) is 37.3 Å². The van der Waals surface area contributed by atoms with Gasteiger partial charge in [0.25, 0.3) is 0 Å². The van der Waals surface area contributed by atoms with Gasteiger partial charge in [0.15, 0.2) is 11.5 Å². The topological polar surface area (TPSA) is 117 Å². The minimum absolute atomic E-state index is 0.180. The van der Waals surface area contributed by atoms with Crippen LogP contribution in [0.4, 0.5) is 5.82 Å². The zero-order chi connectivity index (χ0) is 22.9. The monoisotopic (exact) mass is 461 g/mol. The van der Waals surface area contributed by atoms with Crippen LogP contribution in [0.1, 0.15) is 26.2 Å². The van der Waals surface area contributed by atoms with Gasteiger partial charge < -0.3 is 19.5 Å². The summed E-state index contributed by atoms with van der Waals surface area (Å²) in [7, 11) is -0.556. The molecule has 32 heavy (non-hydrogen) atoms. The van der Waals surface area contributed by atoms with Crippen molar-refractivity contribution in [2.75, 3.05) is 38.8 Å². The third-order valence-corrected chi connectivity index (χ3v) is 7.36. The highest BCUT2D eigenvalue weighted by Gasteiger charge is 2.34. The Kier molecular flexibility index (Phi) is 5.95. The number of fused-ring (bicyclic) bond motifs is 1. The largest absolute Gasteiger partial charge is 0.493 e. The number of aromatic nitrogens is 2. The maximum absolute atomic E-state index is 12.2. The van der Waals surface area contributed by atoms with Crippen molar-refractivity contribution >= 4 is 32.6 Å². The van der Waals surface area contributed by atoms with Crippen molar-refractivity contribution < 1.29 is 23.0 Å². The quantitative estimate of drug-likeness (QED) is 0.693. The first-order chi connectivity index (χ1) is 15.2. The number of hydrogen-bond acceptors (Lipinski definition) is 8. The van der Waals surface area contributed by atoms with Crippen LogP contribution in [0.15, 0.2) is 35.1 Å². The summed E-state index contributed by atoms with van der Waals surface area (Å²) in [6.07, 6.45) is 5.98. The predicted octanol–water partition coefficient (Wildman–Crippen LogP) is 1.90. The summed E-state index contributed by atoms with van der Waals surface area (Å²) in [5.41, 5.74) is 0.228. The van der Waals surface area contributed by atoms with Crippen LogP contribution in [-0.2, 0) is 10.2 Å². The number of anilines is 1. The second kappa shape index (κ2) is 8.55. The number of nitrogens with zero attached hydrogens (tertiary/aromatic N) is 5. The Morgan fingerprint density at radius 3 is 2.47 bits per heavy atom. The van der Waals surface area contributed by atoms with Crippen LogP contribution >= 0.6 is 0 Å². The first-order valence-corrected chi connectivity index (χ1v) is 11.7. The zero-order valence-corrected chi connectivity index (χ0v) is 19.2. The van der Waals surface area contributed by atoms with E-state index in [1.165, 1.54) is 16.8 Å². The number of aliphatic hydroxyl groups is 1. The summed E-state index contributed by atoms with van der Waals surface area (Å²) in [5, 5.41) is 11.9. The molecule has 3 heterocycles. The molecule has 2 aliphatic rings. The smallest absolute Gasteiger partial charge is 0.344 e. The van der Waals surface area contributed by atoms with E-state index < -0.39 is 15.8 Å². The Morgan fingerprint density at radius 2 is 1.81 bits per heavy atom. The predicted molar refractivity (Wildman–Crippen MR) is 122 cm³/mol. The summed E-state index contributed by atoms with van der Waals surface area (Å²) in [6, 6.07) is 3.68. The van der Waals surface area contributed by atoms with Crippen molar-refractivity contribution in [2.24, 2.45) is 4.40 Å². The van der Waals surface area contributed by atoms with Crippen LogP contribution in [0, 0.1) is 0 Å². The number of ether oxygens (including phenoxy) is 2. The summed E-state index contributed by atoms with van der Waals surface area (Å²) >= 11 is 0. The van der Waals surface area contributed by atoms with Crippen LogP contribution in [0.25, 0.3) is 10.9 Å². The van der Waals surface area contributed by atoms with Gasteiger partial charge in [0.05, 0.1) is 31.0 Å². The number of piperidine rings is 1. The second-order valence-electron chi connectivity index (χ2n) is 8.02. The normalized spacial score (nSPS) is 19.7. The van der Waals surface area contributed by atoms with E-state index in [1.807, 2.05) is 12.1 Å². The molecule has 0 spiro atoms. The molecule has 2 aromatic rings. The average molecular weight is 462 g/mol. The number of rotatable bonds is 6. The lowest BCUT2D eigenvalue weighted by molar-refractivity contribution is 0.00594. The molecule has 1 aromatic heterocycles. The van der Waals surface area contributed by atoms with Crippen LogP contribution < -0.4 is 14.4 Å². The molecule has 0 bridgehead atoms. The van der Waals surface area contributed by atoms with E-state index in [2.05, 4.69) is 19.3 Å². The van der Waals surface area contributed by atoms with Gasteiger partial charge in [0.2, 0.25) is 0 Å². The number of allylic oxidation sites excluding steroid dienone is 1. The lowest BCUT2D eigenvalue weighted by atomic mass is 9.88. The van der Waals surface area contributed by atoms with Gasteiger partial charge in [-0.1, -0.05) is 0 Å². The SMILES string of the molecule is COc1cc2ncnc(N3CCC(O)(CCN4C=CC(C)=NS4(=O)=O)CC3)c2cc1OC. The Morgan fingerprint density at radius 1 is 1.12 bits per heavy atom. The molecular weight excluding hydrogens is 434 g/mol. The van der Waals surface area contributed by atoms with Crippen LogP contribution in [-0.4, -0.2) is 73.0 Å². The van der Waals surface area contributed by atoms with Gasteiger partial charge in [-0.05, 0) is 38.3 Å². The molecular formula is C21H27N5O5S. The fourth-order valence-electron chi connectivity index (χ4n) is 4.05. The van der Waals surface area contributed by atoms with Gasteiger partial charge in [-0.15, -0.1) is 0 Å². The van der Waals surface area contributed by atoms with E-state index in [9.17, 15) is 13.5 Å². The lowest BCUT2D eigenvalue weighted by Crippen LogP contribution is -2.46. The van der Waals surface area contributed by atoms with Gasteiger partial charge >= 0.3 is 10.2 Å². The average Bonchev–Trinajstić information content (AvgIpc) is 2.77. The summed E-state index contributed by atoms with van der Waals surface area (Å²) in [4.78, 5) is 10.9. The fourth-order valence-corrected chi connectivity index (χ4v) is 5.11. The maximum atomic E-state index is 12.2. The Bertz CT molecular complexity index is 1170. The summed E-state index contributed by atoms with van der Waals surface area (Å²) in [5.74, 6) is 1.96. The van der Waals surface area contributed by atoms with Gasteiger partial charge in [-0.2, -0.15) is 12.8 Å². The molecule has 0 radical (unpaired) electrons. The molecule has 0 amide bonds. The van der Waals surface area contributed by atoms with Gasteiger partial charge in [-0.3, -0.25) is 4.31 Å². The van der Waals surface area contributed by atoms with E-state index in [0.717, 1.165) is 16.7 Å². The third-order valence-electron chi connectivity index (χ3n) is 5.95. The molecule has 1 aromatic carbocycles. The molecule has 10 nitrogen and oxygen atoms in total. The van der Waals surface area contributed by atoms with Gasteiger partial charge in [-0.25, -0.2) is 9.97 Å². The Hall–Kier alpha value is -2.92. The Labute approximate surface area is 187 Å². The third kappa shape index (κ3) is 4.35. The van der Waals surface area contributed by atoms with Crippen LogP contribution in [0.2, 0.25) is 0 Å². The van der Waals surface area contributed by atoms with Crippen molar-refractivity contribution in [1.29, 1.82) is 0 Å². The van der Waals surface area contributed by atoms with Crippen LogP contribution in [0.5, 0.6) is 11.5 Å². The fraction of sp³-hybridized carbons (Fsp3) is 0.476. The molecule has 0 saturated carbocycles. The molecule has 0 aliphatic carbocycles. The minimum Gasteiger partial charge on any atom is -0.493 e. The molecule has 0 atom stereocenters. The zero-order valence-electron chi connectivity index (χ0n) is 18.4. The Balaban J connectivity index is 1.47. The molecule has 1 N–H and O–H groups in total. The van der Waals surface area contributed by atoms with E-state index in [0.29, 0.717) is 49.6 Å². The van der Waals surface area contributed by atoms with Crippen molar-refractivity contribution in [2.45, 2.75) is 31.8 Å². The van der Waals surface area contributed by atoms with Crippen LogP contribution in [0.3, 0.4) is 0 Å². The molecule has 2 aliphatic heterocycles. The molecule has 172 valence electrons. The number of hydrogen-bond donors (Lipinski definition) is 1. The summed E-state index contributed by atoms with van der Waals surface area (Å²) < 4.78 is 40.1. The highest BCUT2D eigenvalue weighted by Crippen LogP contribution is 2.36. The molecule has 0 unspecified atom stereocenters. The standard InChI is InChI=1S/C21H27N5O5S/c1-15-4-8-26(32(28,29)24-15)11-7-21(27)5-9-25(10-6-21)20-16-12-18(30-2)19(31-3)13-17(16)22-14-23-20/h4,8,12-14,27H,5-7,9-11H2,1-3H3. The molecule has 1 saturated heterocycles. The van der Waals surface area contributed by atoms with Crippen molar-refractivity contribution in [3.8, 4) is 11.5 Å². The second-order valence-corrected chi connectivity index (χ2v) is 9.57. The van der Waals surface area contributed by atoms with E-state index >= 15 is 0 Å². The molecule has 11 heteroatoms. The highest BCUT2D eigenvalue weighted by atomic mass is 32.2. The van der Waals surface area contributed by atoms with Crippen molar-refractivity contribution in [3.63, 3.8) is 0 Å². The number of methoxy groups -OCH3 is 2. The van der Waals surface area contributed by atoms with Crippen molar-refractivity contribution in [1.82, 2.24) is 14.3 Å².